The highest BCUT2D eigenvalue weighted by atomic mass is 32.1. The molecule has 2 heterocycles. The standard InChI is InChI=1S/C23H30N4O2S/c1-14-6-4-8-18(15(14)2)27-12-10-26(11-13-27)16(3)22(29)25-23-20(21(24)28)17-7-5-9-19(17)30-23/h4,6,8,16H,5,7,9-13H2,1-3H3,(H2,24,28)(H,25,29)/p+1/t16-/m0/s1. The van der Waals surface area contributed by atoms with Gasteiger partial charge in [0.2, 0.25) is 0 Å². The summed E-state index contributed by atoms with van der Waals surface area (Å²) < 4.78 is 0. The van der Waals surface area contributed by atoms with Gasteiger partial charge in [0.05, 0.1) is 31.7 Å². The van der Waals surface area contributed by atoms with E-state index >= 15 is 0 Å². The van der Waals surface area contributed by atoms with Crippen LogP contribution in [0.15, 0.2) is 18.2 Å². The monoisotopic (exact) mass is 427 g/mol. The van der Waals surface area contributed by atoms with Gasteiger partial charge in [-0.1, -0.05) is 12.1 Å². The molecular formula is C23H31N4O2S+. The van der Waals surface area contributed by atoms with E-state index in [0.29, 0.717) is 10.6 Å². The first kappa shape index (κ1) is 20.9. The fraction of sp³-hybridized carbons (Fsp3) is 0.478. The van der Waals surface area contributed by atoms with Crippen LogP contribution in [-0.2, 0) is 17.6 Å². The Kier molecular flexibility index (Phi) is 5.84. The number of piperazine rings is 1. The van der Waals surface area contributed by atoms with E-state index in [1.807, 2.05) is 6.92 Å². The zero-order valence-electron chi connectivity index (χ0n) is 18.0. The molecule has 0 radical (unpaired) electrons. The van der Waals surface area contributed by atoms with Crippen molar-refractivity contribution in [2.45, 2.75) is 46.1 Å². The van der Waals surface area contributed by atoms with Crippen LogP contribution in [0.2, 0.25) is 0 Å². The maximum Gasteiger partial charge on any atom is 0.282 e. The zero-order valence-corrected chi connectivity index (χ0v) is 18.8. The lowest BCUT2D eigenvalue weighted by Crippen LogP contribution is -3.19. The number of aryl methyl sites for hydroxylation is 2. The molecule has 4 N–H and O–H groups in total. The molecule has 0 saturated carbocycles. The number of quaternary nitrogens is 1. The summed E-state index contributed by atoms with van der Waals surface area (Å²) >= 11 is 1.52. The second-order valence-electron chi connectivity index (χ2n) is 8.50. The molecule has 1 aromatic heterocycles. The molecule has 1 aliphatic heterocycles. The summed E-state index contributed by atoms with van der Waals surface area (Å²) in [5, 5.41) is 3.66. The number of hydrogen-bond acceptors (Lipinski definition) is 4. The largest absolute Gasteiger partial charge is 0.365 e. The van der Waals surface area contributed by atoms with Crippen LogP contribution < -0.4 is 20.9 Å². The Morgan fingerprint density at radius 1 is 1.20 bits per heavy atom. The SMILES string of the molecule is Cc1cccc(N2CC[NH+]([C@@H](C)C(=O)Nc3sc4c(c3C(N)=O)CCC4)CC2)c1C. The van der Waals surface area contributed by atoms with Crippen molar-refractivity contribution in [3.63, 3.8) is 0 Å². The molecule has 7 heteroatoms. The maximum absolute atomic E-state index is 13.0. The van der Waals surface area contributed by atoms with Gasteiger partial charge in [-0.15, -0.1) is 11.3 Å². The normalized spacial score (nSPS) is 17.6. The van der Waals surface area contributed by atoms with Gasteiger partial charge in [0, 0.05) is 10.6 Å². The molecule has 1 aromatic carbocycles. The van der Waals surface area contributed by atoms with E-state index in [1.54, 1.807) is 0 Å². The minimum absolute atomic E-state index is 0.0346. The third kappa shape index (κ3) is 3.84. The summed E-state index contributed by atoms with van der Waals surface area (Å²) in [5.74, 6) is -0.473. The van der Waals surface area contributed by atoms with Crippen molar-refractivity contribution in [2.75, 3.05) is 36.4 Å². The van der Waals surface area contributed by atoms with E-state index in [4.69, 9.17) is 5.73 Å². The Hall–Kier alpha value is -2.38. The molecule has 1 aliphatic carbocycles. The predicted octanol–water partition coefficient (Wildman–Crippen LogP) is 1.68. The topological polar surface area (TPSA) is 79.9 Å². The van der Waals surface area contributed by atoms with Crippen molar-refractivity contribution < 1.29 is 14.5 Å². The van der Waals surface area contributed by atoms with Gasteiger partial charge in [-0.25, -0.2) is 0 Å². The molecule has 2 aromatic rings. The molecular weight excluding hydrogens is 396 g/mol. The maximum atomic E-state index is 13.0. The van der Waals surface area contributed by atoms with Crippen LogP contribution in [-0.4, -0.2) is 44.0 Å². The molecule has 2 amide bonds. The van der Waals surface area contributed by atoms with Crippen molar-refractivity contribution in [1.82, 2.24) is 0 Å². The number of amides is 2. The molecule has 0 bridgehead atoms. The summed E-state index contributed by atoms with van der Waals surface area (Å²) in [6.07, 6.45) is 2.90. The van der Waals surface area contributed by atoms with Gasteiger partial charge in [-0.2, -0.15) is 0 Å². The van der Waals surface area contributed by atoms with E-state index < -0.39 is 5.91 Å². The van der Waals surface area contributed by atoms with E-state index in [-0.39, 0.29) is 11.9 Å². The highest BCUT2D eigenvalue weighted by molar-refractivity contribution is 7.17. The van der Waals surface area contributed by atoms with Crippen molar-refractivity contribution in [3.05, 3.63) is 45.3 Å². The summed E-state index contributed by atoms with van der Waals surface area (Å²) in [7, 11) is 0. The molecule has 4 rings (SSSR count). The first-order chi connectivity index (χ1) is 14.4. The van der Waals surface area contributed by atoms with Crippen LogP contribution in [0.25, 0.3) is 0 Å². The smallest absolute Gasteiger partial charge is 0.282 e. The summed E-state index contributed by atoms with van der Waals surface area (Å²) in [6, 6.07) is 6.27. The summed E-state index contributed by atoms with van der Waals surface area (Å²) in [6.45, 7) is 9.97. The molecule has 0 spiro atoms. The van der Waals surface area contributed by atoms with E-state index in [0.717, 1.165) is 51.0 Å². The lowest BCUT2D eigenvalue weighted by Gasteiger charge is -2.36. The number of nitrogens with zero attached hydrogens (tertiary/aromatic N) is 1. The number of hydrogen-bond donors (Lipinski definition) is 3. The van der Waals surface area contributed by atoms with Crippen LogP contribution in [0, 0.1) is 13.8 Å². The van der Waals surface area contributed by atoms with Crippen molar-refractivity contribution in [3.8, 4) is 0 Å². The number of anilines is 2. The number of carbonyl (C=O) groups excluding carboxylic acids is 2. The molecule has 0 unspecified atom stereocenters. The van der Waals surface area contributed by atoms with Crippen molar-refractivity contribution in [2.24, 2.45) is 5.73 Å². The summed E-state index contributed by atoms with van der Waals surface area (Å²) in [5.41, 5.74) is 11.1. The van der Waals surface area contributed by atoms with Crippen LogP contribution in [0.5, 0.6) is 0 Å². The Labute approximate surface area is 182 Å². The van der Waals surface area contributed by atoms with Gasteiger partial charge in [-0.05, 0) is 62.8 Å². The number of carbonyl (C=O) groups is 2. The van der Waals surface area contributed by atoms with E-state index in [9.17, 15) is 9.59 Å². The van der Waals surface area contributed by atoms with Gasteiger partial charge in [0.1, 0.15) is 5.00 Å². The third-order valence-corrected chi connectivity index (χ3v) is 7.94. The van der Waals surface area contributed by atoms with Gasteiger partial charge < -0.3 is 20.9 Å². The van der Waals surface area contributed by atoms with Crippen LogP contribution >= 0.6 is 11.3 Å². The molecule has 1 atom stereocenters. The number of rotatable bonds is 5. The van der Waals surface area contributed by atoms with E-state index in [2.05, 4.69) is 42.3 Å². The highest BCUT2D eigenvalue weighted by Gasteiger charge is 2.32. The number of primary amides is 1. The Morgan fingerprint density at radius 3 is 2.63 bits per heavy atom. The van der Waals surface area contributed by atoms with Gasteiger partial charge in [0.25, 0.3) is 11.8 Å². The minimum Gasteiger partial charge on any atom is -0.365 e. The lowest BCUT2D eigenvalue weighted by molar-refractivity contribution is -0.914. The number of thiophene rings is 1. The fourth-order valence-corrected chi connectivity index (χ4v) is 6.00. The van der Waals surface area contributed by atoms with E-state index in [1.165, 1.54) is 37.9 Å². The highest BCUT2D eigenvalue weighted by Crippen LogP contribution is 2.38. The number of benzene rings is 1. The molecule has 30 heavy (non-hydrogen) atoms. The zero-order chi connectivity index (χ0) is 21.4. The summed E-state index contributed by atoms with van der Waals surface area (Å²) in [4.78, 5) is 29.9. The van der Waals surface area contributed by atoms with Crippen molar-refractivity contribution in [1.29, 1.82) is 0 Å². The average molecular weight is 428 g/mol. The number of nitrogens with one attached hydrogen (secondary N) is 2. The van der Waals surface area contributed by atoms with Crippen molar-refractivity contribution >= 4 is 33.8 Å². The number of nitrogens with two attached hydrogens (primary N) is 1. The quantitative estimate of drug-likeness (QED) is 0.679. The average Bonchev–Trinajstić information content (AvgIpc) is 3.30. The van der Waals surface area contributed by atoms with Crippen LogP contribution in [0.1, 0.15) is 45.3 Å². The van der Waals surface area contributed by atoms with Gasteiger partial charge >= 0.3 is 0 Å². The van der Waals surface area contributed by atoms with Crippen LogP contribution in [0.3, 0.4) is 0 Å². The van der Waals surface area contributed by atoms with Gasteiger partial charge in [-0.3, -0.25) is 9.59 Å². The minimum atomic E-state index is -0.438. The Bertz CT molecular complexity index is 976. The first-order valence-corrected chi connectivity index (χ1v) is 11.6. The Balaban J connectivity index is 1.40. The van der Waals surface area contributed by atoms with Crippen LogP contribution in [0.4, 0.5) is 10.7 Å². The second-order valence-corrected chi connectivity index (χ2v) is 9.61. The Morgan fingerprint density at radius 2 is 1.93 bits per heavy atom. The molecule has 1 saturated heterocycles. The molecule has 1 fully saturated rings. The third-order valence-electron chi connectivity index (χ3n) is 6.73. The molecule has 2 aliphatic rings. The molecule has 160 valence electrons. The lowest BCUT2D eigenvalue weighted by atomic mass is 10.1. The first-order valence-electron chi connectivity index (χ1n) is 10.8. The fourth-order valence-electron chi connectivity index (χ4n) is 4.70. The second kappa shape index (κ2) is 8.40. The predicted molar refractivity (Wildman–Crippen MR) is 122 cm³/mol. The molecule has 6 nitrogen and oxygen atoms in total. The van der Waals surface area contributed by atoms with Gasteiger partial charge in [0.15, 0.2) is 6.04 Å². The number of fused-ring (bicyclic) bond motifs is 1.